The van der Waals surface area contributed by atoms with Crippen LogP contribution in [0.5, 0.6) is 0 Å². The fourth-order valence-electron chi connectivity index (χ4n) is 1.66. The van der Waals surface area contributed by atoms with Crippen molar-refractivity contribution in [3.05, 3.63) is 17.8 Å². The Bertz CT molecular complexity index is 368. The van der Waals surface area contributed by atoms with Gasteiger partial charge in [0.05, 0.1) is 11.5 Å². The van der Waals surface area contributed by atoms with Gasteiger partial charge in [-0.3, -0.25) is 5.41 Å². The summed E-state index contributed by atoms with van der Waals surface area (Å²) in [5.41, 5.74) is 6.31. The molecule has 0 aliphatic heterocycles. The van der Waals surface area contributed by atoms with Gasteiger partial charge in [0.25, 0.3) is 0 Å². The van der Waals surface area contributed by atoms with Crippen LogP contribution in [-0.2, 0) is 0 Å². The van der Waals surface area contributed by atoms with Crippen LogP contribution in [0.25, 0.3) is 0 Å². The first-order chi connectivity index (χ1) is 7.66. The second-order valence-electron chi connectivity index (χ2n) is 4.23. The van der Waals surface area contributed by atoms with Crippen LogP contribution in [0.2, 0.25) is 0 Å². The predicted octanol–water partition coefficient (Wildman–Crippen LogP) is 1.08. The molecule has 1 aliphatic carbocycles. The molecule has 2 rings (SSSR count). The molecule has 16 heavy (non-hydrogen) atoms. The zero-order valence-corrected chi connectivity index (χ0v) is 9.48. The predicted molar refractivity (Wildman–Crippen MR) is 63.7 cm³/mol. The minimum atomic E-state index is 0.228. The summed E-state index contributed by atoms with van der Waals surface area (Å²) in [7, 11) is 0. The smallest absolute Gasteiger partial charge is 0.151 e. The second kappa shape index (κ2) is 4.47. The SMILES string of the molecule is Cc1ccc(N(CCC(=N)N)C2CC2)nn1. The number of rotatable bonds is 5. The van der Waals surface area contributed by atoms with E-state index in [2.05, 4.69) is 15.1 Å². The molecular weight excluding hydrogens is 202 g/mol. The first-order valence-electron chi connectivity index (χ1n) is 5.56. The third-order valence-electron chi connectivity index (χ3n) is 2.69. The average Bonchev–Trinajstić information content (AvgIpc) is 3.04. The molecule has 0 amide bonds. The molecule has 1 aromatic rings. The van der Waals surface area contributed by atoms with Crippen molar-refractivity contribution in [2.24, 2.45) is 5.73 Å². The maximum Gasteiger partial charge on any atom is 0.151 e. The number of hydrogen-bond acceptors (Lipinski definition) is 4. The Balaban J connectivity index is 2.06. The van der Waals surface area contributed by atoms with Crippen LogP contribution in [0.1, 0.15) is 25.0 Å². The van der Waals surface area contributed by atoms with Crippen LogP contribution < -0.4 is 10.6 Å². The summed E-state index contributed by atoms with van der Waals surface area (Å²) in [5, 5.41) is 15.5. The lowest BCUT2D eigenvalue weighted by atomic mass is 10.3. The molecule has 1 saturated carbocycles. The van der Waals surface area contributed by atoms with Gasteiger partial charge in [0.2, 0.25) is 0 Å². The number of anilines is 1. The average molecular weight is 219 g/mol. The monoisotopic (exact) mass is 219 g/mol. The van der Waals surface area contributed by atoms with Crippen molar-refractivity contribution in [2.45, 2.75) is 32.2 Å². The van der Waals surface area contributed by atoms with Crippen LogP contribution in [0.3, 0.4) is 0 Å². The zero-order valence-electron chi connectivity index (χ0n) is 9.48. The summed E-state index contributed by atoms with van der Waals surface area (Å²) in [6.07, 6.45) is 2.99. The lowest BCUT2D eigenvalue weighted by molar-refractivity contribution is 0.765. The van der Waals surface area contributed by atoms with Crippen molar-refractivity contribution < 1.29 is 0 Å². The lowest BCUT2D eigenvalue weighted by Crippen LogP contribution is -2.30. The number of hydrogen-bond donors (Lipinski definition) is 2. The Morgan fingerprint density at radius 1 is 1.50 bits per heavy atom. The number of nitrogens with one attached hydrogen (secondary N) is 1. The molecule has 5 nitrogen and oxygen atoms in total. The van der Waals surface area contributed by atoms with Gasteiger partial charge in [0.1, 0.15) is 0 Å². The van der Waals surface area contributed by atoms with Gasteiger partial charge in [-0.15, -0.1) is 5.10 Å². The van der Waals surface area contributed by atoms with Crippen LogP contribution in [0, 0.1) is 12.3 Å². The molecule has 0 bridgehead atoms. The largest absolute Gasteiger partial charge is 0.388 e. The van der Waals surface area contributed by atoms with E-state index >= 15 is 0 Å². The molecule has 5 heteroatoms. The highest BCUT2D eigenvalue weighted by Gasteiger charge is 2.29. The first-order valence-corrected chi connectivity index (χ1v) is 5.56. The van der Waals surface area contributed by atoms with Crippen LogP contribution >= 0.6 is 0 Å². The summed E-state index contributed by atoms with van der Waals surface area (Å²) >= 11 is 0. The van der Waals surface area contributed by atoms with E-state index in [-0.39, 0.29) is 5.84 Å². The van der Waals surface area contributed by atoms with Crippen molar-refractivity contribution in [1.29, 1.82) is 5.41 Å². The van der Waals surface area contributed by atoms with Crippen LogP contribution in [0.4, 0.5) is 5.82 Å². The van der Waals surface area contributed by atoms with Gasteiger partial charge in [-0.1, -0.05) is 0 Å². The standard InChI is InChI=1S/C11H17N5/c1-8-2-5-11(15-14-8)16(9-3-4-9)7-6-10(12)13/h2,5,9H,3-4,6-7H2,1H3,(H3,12,13). The Morgan fingerprint density at radius 3 is 2.75 bits per heavy atom. The third kappa shape index (κ3) is 2.68. The van der Waals surface area contributed by atoms with E-state index < -0.39 is 0 Å². The summed E-state index contributed by atoms with van der Waals surface area (Å²) < 4.78 is 0. The van der Waals surface area contributed by atoms with E-state index in [1.54, 1.807) is 0 Å². The molecule has 0 unspecified atom stereocenters. The van der Waals surface area contributed by atoms with Gasteiger partial charge < -0.3 is 10.6 Å². The fourth-order valence-corrected chi connectivity index (χ4v) is 1.66. The first kappa shape index (κ1) is 10.9. The van der Waals surface area contributed by atoms with Gasteiger partial charge in [-0.2, -0.15) is 5.10 Å². The van der Waals surface area contributed by atoms with E-state index in [4.69, 9.17) is 11.1 Å². The second-order valence-corrected chi connectivity index (χ2v) is 4.23. The van der Waals surface area contributed by atoms with E-state index in [9.17, 15) is 0 Å². The Morgan fingerprint density at radius 2 is 2.25 bits per heavy atom. The van der Waals surface area contributed by atoms with E-state index in [1.807, 2.05) is 19.1 Å². The van der Waals surface area contributed by atoms with Crippen molar-refractivity contribution >= 4 is 11.7 Å². The number of nitrogens with zero attached hydrogens (tertiary/aromatic N) is 3. The van der Waals surface area contributed by atoms with Crippen molar-refractivity contribution in [2.75, 3.05) is 11.4 Å². The Kier molecular flexibility index (Phi) is 3.03. The lowest BCUT2D eigenvalue weighted by Gasteiger charge is -2.22. The van der Waals surface area contributed by atoms with Gasteiger partial charge in [-0.25, -0.2) is 0 Å². The molecule has 86 valence electrons. The van der Waals surface area contributed by atoms with Gasteiger partial charge in [-0.05, 0) is 31.9 Å². The van der Waals surface area contributed by atoms with Crippen molar-refractivity contribution in [1.82, 2.24) is 10.2 Å². The molecule has 1 fully saturated rings. The van der Waals surface area contributed by atoms with Gasteiger partial charge >= 0.3 is 0 Å². The van der Waals surface area contributed by atoms with Crippen LogP contribution in [-0.4, -0.2) is 28.6 Å². The van der Waals surface area contributed by atoms with Gasteiger partial charge in [0.15, 0.2) is 5.82 Å². The topological polar surface area (TPSA) is 78.9 Å². The molecule has 1 aliphatic rings. The summed E-state index contributed by atoms with van der Waals surface area (Å²) in [6.45, 7) is 2.69. The van der Waals surface area contributed by atoms with Gasteiger partial charge in [0, 0.05) is 19.0 Å². The molecule has 1 heterocycles. The summed E-state index contributed by atoms with van der Waals surface area (Å²) in [5.74, 6) is 1.13. The molecular formula is C11H17N5. The Hall–Kier alpha value is -1.65. The number of nitrogens with two attached hydrogens (primary N) is 1. The molecule has 1 aromatic heterocycles. The summed E-state index contributed by atoms with van der Waals surface area (Å²) in [4.78, 5) is 2.20. The van der Waals surface area contributed by atoms with E-state index in [1.165, 1.54) is 12.8 Å². The zero-order chi connectivity index (χ0) is 11.5. The number of aromatic nitrogens is 2. The fraction of sp³-hybridized carbons (Fsp3) is 0.545. The normalized spacial score (nSPS) is 14.8. The molecule has 0 radical (unpaired) electrons. The van der Waals surface area contributed by atoms with Crippen molar-refractivity contribution in [3.8, 4) is 0 Å². The highest BCUT2D eigenvalue weighted by atomic mass is 15.3. The highest BCUT2D eigenvalue weighted by molar-refractivity contribution is 5.77. The maximum absolute atomic E-state index is 7.26. The molecule has 0 aromatic carbocycles. The minimum Gasteiger partial charge on any atom is -0.388 e. The molecule has 0 spiro atoms. The number of aryl methyl sites for hydroxylation is 1. The molecule has 0 atom stereocenters. The number of amidine groups is 1. The molecule has 0 saturated heterocycles. The third-order valence-corrected chi connectivity index (χ3v) is 2.69. The highest BCUT2D eigenvalue weighted by Crippen LogP contribution is 2.30. The summed E-state index contributed by atoms with van der Waals surface area (Å²) in [6, 6.07) is 4.52. The van der Waals surface area contributed by atoms with E-state index in [0.717, 1.165) is 18.1 Å². The maximum atomic E-state index is 7.26. The Labute approximate surface area is 95.2 Å². The quantitative estimate of drug-likeness (QED) is 0.573. The molecule has 3 N–H and O–H groups in total. The minimum absolute atomic E-state index is 0.228. The van der Waals surface area contributed by atoms with Crippen LogP contribution in [0.15, 0.2) is 12.1 Å². The van der Waals surface area contributed by atoms with E-state index in [0.29, 0.717) is 12.5 Å². The van der Waals surface area contributed by atoms with Crippen molar-refractivity contribution in [3.63, 3.8) is 0 Å².